The number of amides is 1. The van der Waals surface area contributed by atoms with Gasteiger partial charge in [-0.3, -0.25) is 4.79 Å². The fourth-order valence-electron chi connectivity index (χ4n) is 3.48. The molecule has 3 rings (SSSR count). The van der Waals surface area contributed by atoms with E-state index in [1.165, 1.54) is 11.8 Å². The number of nitrogens with one attached hydrogen (secondary N) is 1. The highest BCUT2D eigenvalue weighted by Crippen LogP contribution is 2.27. The third kappa shape index (κ3) is 4.95. The van der Waals surface area contributed by atoms with Crippen LogP contribution in [0.5, 0.6) is 0 Å². The zero-order valence-electron chi connectivity index (χ0n) is 16.3. The Bertz CT molecular complexity index is 915. The summed E-state index contributed by atoms with van der Waals surface area (Å²) in [5, 5.41) is 3.56. The van der Waals surface area contributed by atoms with E-state index in [4.69, 9.17) is 0 Å². The Morgan fingerprint density at radius 3 is 2.43 bits per heavy atom. The molecule has 28 heavy (non-hydrogen) atoms. The number of carbonyl (C=O) groups excluding carboxylic acids is 1. The molecule has 2 atom stereocenters. The van der Waals surface area contributed by atoms with Gasteiger partial charge in [0.25, 0.3) is 0 Å². The maximum absolute atomic E-state index is 12.9. The Labute approximate surface area is 170 Å². The number of piperidine rings is 1. The number of imidazole rings is 1. The van der Waals surface area contributed by atoms with Crippen LogP contribution in [0, 0.1) is 11.8 Å². The van der Waals surface area contributed by atoms with Gasteiger partial charge >= 0.3 is 0 Å². The van der Waals surface area contributed by atoms with Crippen LogP contribution in [0.1, 0.15) is 20.3 Å². The number of thioether (sulfide) groups is 1. The monoisotopic (exact) mass is 422 g/mol. The summed E-state index contributed by atoms with van der Waals surface area (Å²) >= 11 is 1.34. The van der Waals surface area contributed by atoms with Crippen LogP contribution in [0.2, 0.25) is 0 Å². The second kappa shape index (κ2) is 8.67. The van der Waals surface area contributed by atoms with Gasteiger partial charge in [-0.15, -0.1) is 0 Å². The predicted molar refractivity (Wildman–Crippen MR) is 111 cm³/mol. The number of hydrogen-bond acceptors (Lipinski definition) is 5. The third-order valence-corrected chi connectivity index (χ3v) is 7.62. The maximum atomic E-state index is 12.9. The number of aryl methyl sites for hydroxylation is 1. The number of hydrogen-bond donors (Lipinski definition) is 1. The van der Waals surface area contributed by atoms with Crippen molar-refractivity contribution in [1.82, 2.24) is 13.9 Å². The van der Waals surface area contributed by atoms with Gasteiger partial charge in [0, 0.05) is 38.2 Å². The van der Waals surface area contributed by atoms with E-state index in [0.29, 0.717) is 30.6 Å². The Morgan fingerprint density at radius 1 is 1.21 bits per heavy atom. The lowest BCUT2D eigenvalue weighted by Gasteiger charge is -2.34. The van der Waals surface area contributed by atoms with Crippen molar-refractivity contribution in [3.8, 4) is 0 Å². The smallest absolute Gasteiger partial charge is 0.243 e. The number of sulfonamides is 1. The van der Waals surface area contributed by atoms with Crippen LogP contribution in [-0.2, 0) is 21.9 Å². The van der Waals surface area contributed by atoms with E-state index < -0.39 is 10.0 Å². The fourth-order valence-corrected chi connectivity index (χ4v) is 5.89. The molecule has 0 aliphatic carbocycles. The number of carbonyl (C=O) groups is 1. The Hall–Kier alpha value is -1.84. The molecule has 0 spiro atoms. The predicted octanol–water partition coefficient (Wildman–Crippen LogP) is 2.82. The van der Waals surface area contributed by atoms with Crippen LogP contribution in [0.4, 0.5) is 5.69 Å². The summed E-state index contributed by atoms with van der Waals surface area (Å²) in [4.78, 5) is 16.5. The third-order valence-electron chi connectivity index (χ3n) is 4.72. The van der Waals surface area contributed by atoms with Gasteiger partial charge in [0.15, 0.2) is 5.16 Å². The first-order chi connectivity index (χ1) is 13.3. The lowest BCUT2D eigenvalue weighted by Crippen LogP contribution is -2.42. The highest BCUT2D eigenvalue weighted by molar-refractivity contribution is 7.99. The zero-order valence-corrected chi connectivity index (χ0v) is 18.0. The summed E-state index contributed by atoms with van der Waals surface area (Å²) < 4.78 is 29.2. The molecule has 1 aromatic carbocycles. The van der Waals surface area contributed by atoms with Crippen molar-refractivity contribution >= 4 is 33.4 Å². The van der Waals surface area contributed by atoms with Crippen LogP contribution in [-0.4, -0.2) is 47.0 Å². The number of aromatic nitrogens is 2. The maximum Gasteiger partial charge on any atom is 0.243 e. The Morgan fingerprint density at radius 2 is 1.86 bits per heavy atom. The highest BCUT2D eigenvalue weighted by atomic mass is 32.2. The molecule has 2 unspecified atom stereocenters. The summed E-state index contributed by atoms with van der Waals surface area (Å²) in [6.07, 6.45) is 4.56. The molecule has 9 heteroatoms. The van der Waals surface area contributed by atoms with Crippen LogP contribution in [0.15, 0.2) is 46.7 Å². The van der Waals surface area contributed by atoms with E-state index in [1.54, 1.807) is 34.8 Å². The van der Waals surface area contributed by atoms with Crippen molar-refractivity contribution in [2.24, 2.45) is 18.9 Å². The van der Waals surface area contributed by atoms with Crippen LogP contribution < -0.4 is 5.32 Å². The summed E-state index contributed by atoms with van der Waals surface area (Å²) in [6.45, 7) is 5.27. The number of rotatable bonds is 6. The molecule has 1 aliphatic heterocycles. The molecule has 2 heterocycles. The topological polar surface area (TPSA) is 84.3 Å². The first kappa shape index (κ1) is 20.9. The van der Waals surface area contributed by atoms with Gasteiger partial charge in [-0.25, -0.2) is 13.4 Å². The number of nitrogens with zero attached hydrogens (tertiary/aromatic N) is 3. The van der Waals surface area contributed by atoms with E-state index >= 15 is 0 Å². The van der Waals surface area contributed by atoms with Gasteiger partial charge in [0.2, 0.25) is 15.9 Å². The van der Waals surface area contributed by atoms with Gasteiger partial charge in [0.1, 0.15) is 0 Å². The van der Waals surface area contributed by atoms with Crippen LogP contribution in [0.3, 0.4) is 0 Å². The molecular weight excluding hydrogens is 396 g/mol. The van der Waals surface area contributed by atoms with Gasteiger partial charge in [0.05, 0.1) is 10.6 Å². The van der Waals surface area contributed by atoms with Gasteiger partial charge < -0.3 is 9.88 Å². The average molecular weight is 423 g/mol. The summed E-state index contributed by atoms with van der Waals surface area (Å²) in [7, 11) is -1.64. The Balaban J connectivity index is 1.61. The largest absolute Gasteiger partial charge is 0.329 e. The summed E-state index contributed by atoms with van der Waals surface area (Å²) in [5.74, 6) is 0.776. The molecule has 1 amide bonds. The fraction of sp³-hybridized carbons (Fsp3) is 0.474. The standard InChI is InChI=1S/C19H26N4O3S2/c1-14-10-15(2)12-23(11-14)28(25,26)17-6-4-16(5-7-17)21-18(24)13-27-19-20-8-9-22(19)3/h4-9,14-15H,10-13H2,1-3H3,(H,21,24). The lowest BCUT2D eigenvalue weighted by atomic mass is 9.94. The molecule has 1 N–H and O–H groups in total. The quantitative estimate of drug-likeness (QED) is 0.724. The summed E-state index contributed by atoms with van der Waals surface area (Å²) in [5.41, 5.74) is 0.574. The van der Waals surface area contributed by atoms with Crippen molar-refractivity contribution < 1.29 is 13.2 Å². The molecule has 1 fully saturated rings. The molecule has 0 radical (unpaired) electrons. The molecule has 7 nitrogen and oxygen atoms in total. The Kier molecular flexibility index (Phi) is 6.47. The normalized spacial score (nSPS) is 20.8. The van der Waals surface area contributed by atoms with Gasteiger partial charge in [-0.05, 0) is 42.5 Å². The van der Waals surface area contributed by atoms with Crippen LogP contribution >= 0.6 is 11.8 Å². The van der Waals surface area contributed by atoms with E-state index in [2.05, 4.69) is 24.1 Å². The highest BCUT2D eigenvalue weighted by Gasteiger charge is 2.31. The minimum Gasteiger partial charge on any atom is -0.329 e. The number of anilines is 1. The van der Waals surface area contributed by atoms with Gasteiger partial charge in [-0.2, -0.15) is 4.31 Å². The molecular formula is C19H26N4O3S2. The van der Waals surface area contributed by atoms with Crippen molar-refractivity contribution in [2.75, 3.05) is 24.2 Å². The van der Waals surface area contributed by atoms with E-state index in [1.807, 2.05) is 17.8 Å². The molecule has 0 bridgehead atoms. The van der Waals surface area contributed by atoms with Crippen molar-refractivity contribution in [3.63, 3.8) is 0 Å². The molecule has 0 saturated carbocycles. The van der Waals surface area contributed by atoms with Crippen molar-refractivity contribution in [3.05, 3.63) is 36.7 Å². The van der Waals surface area contributed by atoms with Crippen molar-refractivity contribution in [2.45, 2.75) is 30.3 Å². The first-order valence-corrected chi connectivity index (χ1v) is 11.7. The second-order valence-electron chi connectivity index (χ2n) is 7.45. The first-order valence-electron chi connectivity index (χ1n) is 9.26. The van der Waals surface area contributed by atoms with Gasteiger partial charge in [-0.1, -0.05) is 25.6 Å². The molecule has 152 valence electrons. The minimum absolute atomic E-state index is 0.165. The van der Waals surface area contributed by atoms with E-state index in [9.17, 15) is 13.2 Å². The lowest BCUT2D eigenvalue weighted by molar-refractivity contribution is -0.113. The second-order valence-corrected chi connectivity index (χ2v) is 10.3. The molecule has 1 aromatic heterocycles. The van der Waals surface area contributed by atoms with E-state index in [-0.39, 0.29) is 16.6 Å². The van der Waals surface area contributed by atoms with Crippen LogP contribution in [0.25, 0.3) is 0 Å². The zero-order chi connectivity index (χ0) is 20.3. The number of benzene rings is 1. The summed E-state index contributed by atoms with van der Waals surface area (Å²) in [6, 6.07) is 6.38. The molecule has 1 saturated heterocycles. The van der Waals surface area contributed by atoms with E-state index in [0.717, 1.165) is 11.6 Å². The SMILES string of the molecule is CC1CC(C)CN(S(=O)(=O)c2ccc(NC(=O)CSc3nccn3C)cc2)C1. The minimum atomic E-state index is -3.51. The average Bonchev–Trinajstić information content (AvgIpc) is 3.04. The molecule has 1 aliphatic rings. The molecule has 2 aromatic rings. The van der Waals surface area contributed by atoms with Crippen molar-refractivity contribution in [1.29, 1.82) is 0 Å².